The predicted octanol–water partition coefficient (Wildman–Crippen LogP) is 0.935. The molecule has 2 fully saturated rings. The van der Waals surface area contributed by atoms with Gasteiger partial charge in [-0.1, -0.05) is 13.0 Å². The van der Waals surface area contributed by atoms with Gasteiger partial charge in [0, 0.05) is 44.4 Å². The fourth-order valence-electron chi connectivity index (χ4n) is 2.92. The van der Waals surface area contributed by atoms with E-state index in [0.29, 0.717) is 43.4 Å². The molecule has 1 unspecified atom stereocenters. The van der Waals surface area contributed by atoms with Gasteiger partial charge in [0.15, 0.2) is 0 Å². The van der Waals surface area contributed by atoms with Crippen molar-refractivity contribution in [2.24, 2.45) is 0 Å². The first-order chi connectivity index (χ1) is 11.0. The molecule has 2 saturated heterocycles. The van der Waals surface area contributed by atoms with Crippen LogP contribution in [0.3, 0.4) is 0 Å². The maximum absolute atomic E-state index is 12.8. The van der Waals surface area contributed by atoms with Crippen molar-refractivity contribution in [3.05, 3.63) is 11.6 Å². The molecule has 1 atom stereocenters. The normalized spacial score (nSPS) is 22.5. The molecular formula is C16H25N3O3S. The Morgan fingerprint density at radius 2 is 1.70 bits per heavy atom. The van der Waals surface area contributed by atoms with E-state index in [0.717, 1.165) is 6.42 Å². The highest BCUT2D eigenvalue weighted by Crippen LogP contribution is 2.25. The van der Waals surface area contributed by atoms with Crippen molar-refractivity contribution in [2.75, 3.05) is 37.8 Å². The van der Waals surface area contributed by atoms with Gasteiger partial charge in [0.1, 0.15) is 6.04 Å². The van der Waals surface area contributed by atoms with Gasteiger partial charge in [0.05, 0.1) is 5.88 Å². The molecule has 3 amide bonds. The Morgan fingerprint density at radius 3 is 2.26 bits per heavy atom. The molecule has 0 N–H and O–H groups in total. The minimum absolute atomic E-state index is 0.0100. The first-order valence-electron chi connectivity index (χ1n) is 8.05. The van der Waals surface area contributed by atoms with Crippen LogP contribution in [0.25, 0.3) is 0 Å². The van der Waals surface area contributed by atoms with Gasteiger partial charge in [-0.25, -0.2) is 0 Å². The monoisotopic (exact) mass is 339 g/mol. The maximum atomic E-state index is 12.8. The zero-order valence-electron chi connectivity index (χ0n) is 14.1. The summed E-state index contributed by atoms with van der Waals surface area (Å²) in [6.45, 7) is 7.59. The fraction of sp³-hybridized carbons (Fsp3) is 0.688. The van der Waals surface area contributed by atoms with E-state index in [1.165, 1.54) is 0 Å². The van der Waals surface area contributed by atoms with E-state index in [4.69, 9.17) is 0 Å². The number of rotatable bonds is 3. The Balaban J connectivity index is 2.00. The van der Waals surface area contributed by atoms with Crippen LogP contribution >= 0.6 is 11.8 Å². The number of carbonyl (C=O) groups excluding carboxylic acids is 3. The largest absolute Gasteiger partial charge is 0.339 e. The lowest BCUT2D eigenvalue weighted by molar-refractivity contribution is -0.144. The van der Waals surface area contributed by atoms with Crippen LogP contribution in [0, 0.1) is 0 Å². The molecule has 2 heterocycles. The van der Waals surface area contributed by atoms with Gasteiger partial charge in [-0.2, -0.15) is 0 Å². The molecule has 2 aliphatic heterocycles. The smallest absolute Gasteiger partial charge is 0.250 e. The first kappa shape index (κ1) is 17.8. The third-order valence-electron chi connectivity index (χ3n) is 4.31. The SMILES string of the molecule is CCC=C(C)C(=O)N1CSCC1C(=O)N1CCN(C(C)=O)CC1. The van der Waals surface area contributed by atoms with Crippen molar-refractivity contribution in [3.63, 3.8) is 0 Å². The summed E-state index contributed by atoms with van der Waals surface area (Å²) in [4.78, 5) is 41.9. The minimum atomic E-state index is -0.378. The number of piperazine rings is 1. The van der Waals surface area contributed by atoms with Crippen LogP contribution in [0.4, 0.5) is 0 Å². The second-order valence-electron chi connectivity index (χ2n) is 5.92. The van der Waals surface area contributed by atoms with Crippen LogP contribution in [0.1, 0.15) is 27.2 Å². The van der Waals surface area contributed by atoms with Crippen molar-refractivity contribution in [1.29, 1.82) is 0 Å². The van der Waals surface area contributed by atoms with Crippen molar-refractivity contribution < 1.29 is 14.4 Å². The highest BCUT2D eigenvalue weighted by Gasteiger charge is 2.38. The molecule has 7 heteroatoms. The Kier molecular flexibility index (Phi) is 6.10. The lowest BCUT2D eigenvalue weighted by Gasteiger charge is -2.36. The van der Waals surface area contributed by atoms with E-state index in [9.17, 15) is 14.4 Å². The van der Waals surface area contributed by atoms with Crippen LogP contribution in [-0.4, -0.2) is 76.3 Å². The van der Waals surface area contributed by atoms with E-state index in [1.807, 2.05) is 19.9 Å². The summed E-state index contributed by atoms with van der Waals surface area (Å²) in [5.74, 6) is 1.23. The number of amides is 3. The van der Waals surface area contributed by atoms with Gasteiger partial charge >= 0.3 is 0 Å². The van der Waals surface area contributed by atoms with Crippen LogP contribution in [0.5, 0.6) is 0 Å². The highest BCUT2D eigenvalue weighted by molar-refractivity contribution is 7.99. The molecule has 0 spiro atoms. The number of allylic oxidation sites excluding steroid dienone is 1. The van der Waals surface area contributed by atoms with Crippen molar-refractivity contribution in [2.45, 2.75) is 33.2 Å². The summed E-state index contributed by atoms with van der Waals surface area (Å²) in [6, 6.07) is -0.378. The van der Waals surface area contributed by atoms with Gasteiger partial charge in [-0.3, -0.25) is 14.4 Å². The Morgan fingerprint density at radius 1 is 1.09 bits per heavy atom. The molecular weight excluding hydrogens is 314 g/mol. The lowest BCUT2D eigenvalue weighted by atomic mass is 10.1. The Bertz CT molecular complexity index is 513. The van der Waals surface area contributed by atoms with Gasteiger partial charge in [0.2, 0.25) is 11.8 Å². The number of carbonyl (C=O) groups is 3. The molecule has 0 saturated carbocycles. The standard InChI is InChI=1S/C16H25N3O3S/c1-4-5-12(2)15(21)19-11-23-10-14(19)16(22)18-8-6-17(7-9-18)13(3)20/h5,14H,4,6-11H2,1-3H3. The van der Waals surface area contributed by atoms with E-state index in [1.54, 1.807) is 33.4 Å². The van der Waals surface area contributed by atoms with Crippen LogP contribution < -0.4 is 0 Å². The second-order valence-corrected chi connectivity index (χ2v) is 6.92. The summed E-state index contributed by atoms with van der Waals surface area (Å²) < 4.78 is 0. The topological polar surface area (TPSA) is 60.9 Å². The molecule has 0 bridgehead atoms. The first-order valence-corrected chi connectivity index (χ1v) is 9.21. The fourth-order valence-corrected chi connectivity index (χ4v) is 4.06. The molecule has 2 rings (SSSR count). The van der Waals surface area contributed by atoms with Crippen LogP contribution in [-0.2, 0) is 14.4 Å². The number of nitrogens with zero attached hydrogens (tertiary/aromatic N) is 3. The summed E-state index contributed by atoms with van der Waals surface area (Å²) in [5.41, 5.74) is 0.703. The average Bonchev–Trinajstić information content (AvgIpc) is 3.03. The number of hydrogen-bond acceptors (Lipinski definition) is 4. The molecule has 2 aliphatic rings. The molecule has 0 radical (unpaired) electrons. The third kappa shape index (κ3) is 4.07. The van der Waals surface area contributed by atoms with Crippen molar-refractivity contribution in [1.82, 2.24) is 14.7 Å². The molecule has 0 aromatic heterocycles. The van der Waals surface area contributed by atoms with E-state index in [2.05, 4.69) is 0 Å². The minimum Gasteiger partial charge on any atom is -0.339 e. The van der Waals surface area contributed by atoms with Crippen LogP contribution in [0.2, 0.25) is 0 Å². The van der Waals surface area contributed by atoms with Crippen molar-refractivity contribution in [3.8, 4) is 0 Å². The lowest BCUT2D eigenvalue weighted by Crippen LogP contribution is -2.55. The van der Waals surface area contributed by atoms with E-state index in [-0.39, 0.29) is 23.8 Å². The predicted molar refractivity (Wildman–Crippen MR) is 90.8 cm³/mol. The number of hydrogen-bond donors (Lipinski definition) is 0. The molecule has 0 aliphatic carbocycles. The van der Waals surface area contributed by atoms with Gasteiger partial charge in [-0.05, 0) is 13.3 Å². The van der Waals surface area contributed by atoms with Gasteiger partial charge in [-0.15, -0.1) is 11.8 Å². The molecule has 128 valence electrons. The zero-order chi connectivity index (χ0) is 17.0. The van der Waals surface area contributed by atoms with E-state index < -0.39 is 0 Å². The summed E-state index contributed by atoms with van der Waals surface area (Å²) in [5, 5.41) is 0. The average molecular weight is 339 g/mol. The molecule has 0 aromatic rings. The Hall–Kier alpha value is -1.50. The maximum Gasteiger partial charge on any atom is 0.250 e. The van der Waals surface area contributed by atoms with Gasteiger partial charge < -0.3 is 14.7 Å². The van der Waals surface area contributed by atoms with Gasteiger partial charge in [0.25, 0.3) is 5.91 Å². The highest BCUT2D eigenvalue weighted by atomic mass is 32.2. The summed E-state index contributed by atoms with van der Waals surface area (Å²) >= 11 is 1.62. The molecule has 23 heavy (non-hydrogen) atoms. The number of thioether (sulfide) groups is 1. The van der Waals surface area contributed by atoms with Crippen LogP contribution in [0.15, 0.2) is 11.6 Å². The third-order valence-corrected chi connectivity index (χ3v) is 5.32. The zero-order valence-corrected chi connectivity index (χ0v) is 14.9. The Labute approximate surface area is 141 Å². The van der Waals surface area contributed by atoms with E-state index >= 15 is 0 Å². The molecule has 6 nitrogen and oxygen atoms in total. The second kappa shape index (κ2) is 7.86. The molecule has 0 aromatic carbocycles. The summed E-state index contributed by atoms with van der Waals surface area (Å²) in [6.07, 6.45) is 2.71. The van der Waals surface area contributed by atoms with Crippen molar-refractivity contribution >= 4 is 29.5 Å². The summed E-state index contributed by atoms with van der Waals surface area (Å²) in [7, 11) is 0. The quantitative estimate of drug-likeness (QED) is 0.718.